The minimum atomic E-state index is -0.395. The van der Waals surface area contributed by atoms with Gasteiger partial charge >= 0.3 is 5.97 Å². The van der Waals surface area contributed by atoms with E-state index in [-0.39, 0.29) is 22.8 Å². The lowest BCUT2D eigenvalue weighted by molar-refractivity contribution is -0.0594. The van der Waals surface area contributed by atoms with Crippen LogP contribution in [0.1, 0.15) is 116 Å². The van der Waals surface area contributed by atoms with Crippen molar-refractivity contribution in [2.24, 2.45) is 46.3 Å². The van der Waals surface area contributed by atoms with E-state index in [4.69, 9.17) is 4.74 Å². The molecule has 204 valence electrons. The first-order valence-electron chi connectivity index (χ1n) is 15.3. The quantitative estimate of drug-likeness (QED) is 0.296. The van der Waals surface area contributed by atoms with Crippen molar-refractivity contribution in [2.75, 3.05) is 0 Å². The van der Waals surface area contributed by atoms with E-state index in [0.29, 0.717) is 5.41 Å². The molecular formula is C34H50O3. The molecule has 0 aliphatic heterocycles. The lowest BCUT2D eigenvalue weighted by Gasteiger charge is -2.58. The summed E-state index contributed by atoms with van der Waals surface area (Å²) in [7, 11) is 0. The highest BCUT2D eigenvalue weighted by Crippen LogP contribution is 2.67. The first-order chi connectivity index (χ1) is 17.6. The van der Waals surface area contributed by atoms with Crippen LogP contribution in [0.3, 0.4) is 0 Å². The Balaban J connectivity index is 1.26. The molecule has 4 aliphatic rings. The van der Waals surface area contributed by atoms with Crippen molar-refractivity contribution >= 4 is 5.97 Å². The number of phenols is 1. The van der Waals surface area contributed by atoms with Gasteiger partial charge in [0.1, 0.15) is 17.4 Å². The van der Waals surface area contributed by atoms with Crippen molar-refractivity contribution in [3.8, 4) is 5.75 Å². The third-order valence-electron chi connectivity index (χ3n) is 11.7. The van der Waals surface area contributed by atoms with Crippen LogP contribution in [0.15, 0.2) is 35.9 Å². The number of esters is 1. The Hall–Kier alpha value is -1.77. The van der Waals surface area contributed by atoms with Gasteiger partial charge in [0.05, 0.1) is 0 Å². The van der Waals surface area contributed by atoms with Gasteiger partial charge in [-0.05, 0) is 103 Å². The van der Waals surface area contributed by atoms with Gasteiger partial charge in [0.15, 0.2) is 0 Å². The molecule has 0 bridgehead atoms. The van der Waals surface area contributed by atoms with E-state index in [0.717, 1.165) is 54.8 Å². The van der Waals surface area contributed by atoms with Gasteiger partial charge in [-0.1, -0.05) is 77.7 Å². The molecule has 3 heteroatoms. The Labute approximate surface area is 225 Å². The lowest BCUT2D eigenvalue weighted by atomic mass is 9.47. The summed E-state index contributed by atoms with van der Waals surface area (Å²) in [4.78, 5) is 12.7. The summed E-state index contributed by atoms with van der Waals surface area (Å²) in [6.07, 6.45) is 16.4. The molecule has 5 rings (SSSR count). The van der Waals surface area contributed by atoms with Gasteiger partial charge in [-0.15, -0.1) is 0 Å². The first-order valence-corrected chi connectivity index (χ1v) is 15.3. The maximum atomic E-state index is 12.7. The topological polar surface area (TPSA) is 46.5 Å². The van der Waals surface area contributed by atoms with Gasteiger partial charge in [0, 0.05) is 6.42 Å². The Morgan fingerprint density at radius 2 is 1.81 bits per heavy atom. The number of carbonyl (C=O) groups is 1. The molecular weight excluding hydrogens is 456 g/mol. The standard InChI is InChI=1S/C34H50O3/c1-22(2)9-8-10-23(3)28-15-16-29-26-14-13-24-21-25(37-32(36)27-11-6-7-12-31(27)35)17-19-33(24,4)30(26)18-20-34(28,29)5/h6-7,11-13,22-23,25-26,28-30,35H,8-10,14-21H2,1-5H3/t23-,25+,26+,28-,29+,30+,33+,34-/m1/s1. The van der Waals surface area contributed by atoms with Crippen LogP contribution in [0.2, 0.25) is 0 Å². The monoisotopic (exact) mass is 506 g/mol. The molecule has 1 N–H and O–H groups in total. The van der Waals surface area contributed by atoms with Crippen molar-refractivity contribution in [1.82, 2.24) is 0 Å². The lowest BCUT2D eigenvalue weighted by Crippen LogP contribution is -2.51. The van der Waals surface area contributed by atoms with Crippen LogP contribution in [-0.2, 0) is 4.74 Å². The number of allylic oxidation sites excluding steroid dienone is 1. The smallest absolute Gasteiger partial charge is 0.342 e. The number of carbonyl (C=O) groups excluding carboxylic acids is 1. The zero-order valence-electron chi connectivity index (χ0n) is 24.0. The summed E-state index contributed by atoms with van der Waals surface area (Å²) in [5.74, 6) is 4.64. The summed E-state index contributed by atoms with van der Waals surface area (Å²) in [5.41, 5.74) is 2.58. The molecule has 0 heterocycles. The van der Waals surface area contributed by atoms with Crippen LogP contribution in [-0.4, -0.2) is 17.2 Å². The van der Waals surface area contributed by atoms with Gasteiger partial charge in [-0.2, -0.15) is 0 Å². The van der Waals surface area contributed by atoms with Gasteiger partial charge in [0.2, 0.25) is 0 Å². The average molecular weight is 507 g/mol. The molecule has 0 unspecified atom stereocenters. The molecule has 0 amide bonds. The van der Waals surface area contributed by atoms with E-state index in [9.17, 15) is 9.90 Å². The molecule has 4 aliphatic carbocycles. The number of phenolic OH excluding ortho intramolecular Hbond substituents is 1. The molecule has 37 heavy (non-hydrogen) atoms. The summed E-state index contributed by atoms with van der Waals surface area (Å²) >= 11 is 0. The molecule has 0 radical (unpaired) electrons. The van der Waals surface area contributed by atoms with Crippen molar-refractivity contribution < 1.29 is 14.6 Å². The molecule has 3 fully saturated rings. The number of aromatic hydroxyl groups is 1. The molecule has 0 aromatic heterocycles. The minimum absolute atomic E-state index is 0.00207. The largest absolute Gasteiger partial charge is 0.507 e. The fourth-order valence-corrected chi connectivity index (χ4v) is 9.61. The Morgan fingerprint density at radius 1 is 1.03 bits per heavy atom. The maximum absolute atomic E-state index is 12.7. The second-order valence-electron chi connectivity index (χ2n) is 14.1. The fourth-order valence-electron chi connectivity index (χ4n) is 9.61. The highest BCUT2D eigenvalue weighted by molar-refractivity contribution is 5.92. The number of benzene rings is 1. The molecule has 0 saturated heterocycles. The Morgan fingerprint density at radius 3 is 2.57 bits per heavy atom. The number of ether oxygens (including phenoxy) is 1. The Kier molecular flexibility index (Phi) is 7.55. The van der Waals surface area contributed by atoms with Crippen LogP contribution < -0.4 is 0 Å². The maximum Gasteiger partial charge on any atom is 0.342 e. The second-order valence-corrected chi connectivity index (χ2v) is 14.1. The summed E-state index contributed by atoms with van der Waals surface area (Å²) in [6.45, 7) is 12.5. The van der Waals surface area contributed by atoms with Gasteiger partial charge < -0.3 is 9.84 Å². The number of fused-ring (bicyclic) bond motifs is 5. The van der Waals surface area contributed by atoms with Crippen LogP contribution in [0.25, 0.3) is 0 Å². The van der Waals surface area contributed by atoms with E-state index >= 15 is 0 Å². The highest BCUT2D eigenvalue weighted by Gasteiger charge is 2.59. The SMILES string of the molecule is CC(C)CCC[C@@H](C)[C@H]1CC[C@H]2[C@@H]3CC=C4C[C@@H](OC(=O)c5ccccc5O)CC[C@]4(C)[C@H]3CC[C@]12C. The summed E-state index contributed by atoms with van der Waals surface area (Å²) in [6, 6.07) is 6.70. The van der Waals surface area contributed by atoms with Crippen molar-refractivity contribution in [1.29, 1.82) is 0 Å². The highest BCUT2D eigenvalue weighted by atomic mass is 16.5. The third-order valence-corrected chi connectivity index (χ3v) is 11.7. The van der Waals surface area contributed by atoms with Crippen LogP contribution in [0.4, 0.5) is 0 Å². The van der Waals surface area contributed by atoms with E-state index in [2.05, 4.69) is 40.7 Å². The van der Waals surface area contributed by atoms with Crippen LogP contribution in [0, 0.1) is 46.3 Å². The zero-order valence-corrected chi connectivity index (χ0v) is 24.0. The van der Waals surface area contributed by atoms with Crippen LogP contribution in [0.5, 0.6) is 5.75 Å². The molecule has 3 saturated carbocycles. The normalized spacial score (nSPS) is 37.8. The number of rotatable bonds is 7. The van der Waals surface area contributed by atoms with Crippen LogP contribution >= 0.6 is 0 Å². The Bertz CT molecular complexity index is 1010. The first kappa shape index (κ1) is 26.8. The van der Waals surface area contributed by atoms with E-state index in [1.807, 2.05) is 0 Å². The molecule has 1 aromatic carbocycles. The molecule has 1 aromatic rings. The average Bonchev–Trinajstić information content (AvgIpc) is 3.21. The molecule has 8 atom stereocenters. The summed E-state index contributed by atoms with van der Waals surface area (Å²) < 4.78 is 5.92. The fraction of sp³-hybridized carbons (Fsp3) is 0.735. The van der Waals surface area contributed by atoms with Crippen molar-refractivity contribution in [3.63, 3.8) is 0 Å². The molecule has 0 spiro atoms. The van der Waals surface area contributed by atoms with Crippen molar-refractivity contribution in [2.45, 2.75) is 111 Å². The third kappa shape index (κ3) is 4.89. The predicted molar refractivity (Wildman–Crippen MR) is 150 cm³/mol. The van der Waals surface area contributed by atoms with Gasteiger partial charge in [0.25, 0.3) is 0 Å². The van der Waals surface area contributed by atoms with Gasteiger partial charge in [-0.25, -0.2) is 4.79 Å². The van der Waals surface area contributed by atoms with E-state index in [1.54, 1.807) is 24.3 Å². The number of para-hydroxylation sites is 1. The summed E-state index contributed by atoms with van der Waals surface area (Å²) in [5, 5.41) is 10.1. The van der Waals surface area contributed by atoms with Crippen molar-refractivity contribution in [3.05, 3.63) is 41.5 Å². The minimum Gasteiger partial charge on any atom is -0.507 e. The molecule has 3 nitrogen and oxygen atoms in total. The van der Waals surface area contributed by atoms with E-state index in [1.165, 1.54) is 56.9 Å². The number of hydrogen-bond donors (Lipinski definition) is 1. The van der Waals surface area contributed by atoms with Gasteiger partial charge in [-0.3, -0.25) is 0 Å². The zero-order chi connectivity index (χ0) is 26.4. The van der Waals surface area contributed by atoms with E-state index < -0.39 is 5.97 Å². The second kappa shape index (κ2) is 10.4. The number of hydrogen-bond acceptors (Lipinski definition) is 3. The predicted octanol–water partition coefficient (Wildman–Crippen LogP) is 8.96.